The van der Waals surface area contributed by atoms with Crippen molar-refractivity contribution in [1.82, 2.24) is 5.32 Å². The normalized spacial score (nSPS) is 15.9. The number of nitrogens with one attached hydrogen (secondary N) is 1. The van der Waals surface area contributed by atoms with Crippen molar-refractivity contribution in [3.63, 3.8) is 0 Å². The molecule has 0 radical (unpaired) electrons. The molecule has 122 valence electrons. The van der Waals surface area contributed by atoms with Crippen LogP contribution in [0.25, 0.3) is 0 Å². The Morgan fingerprint density at radius 3 is 2.71 bits per heavy atom. The zero-order valence-corrected chi connectivity index (χ0v) is 13.4. The summed E-state index contributed by atoms with van der Waals surface area (Å²) in [5.41, 5.74) is 1.35. The number of hydrogen-bond acceptors (Lipinski definition) is 5. The Morgan fingerprint density at radius 1 is 1.21 bits per heavy atom. The molecule has 1 N–H and O–H groups in total. The quantitative estimate of drug-likeness (QED) is 0.671. The molecule has 0 aliphatic carbocycles. The number of carbonyl (C=O) groups excluding carboxylic acids is 1. The topological polar surface area (TPSA) is 63.0 Å². The highest BCUT2D eigenvalue weighted by Gasteiger charge is 2.15. The van der Waals surface area contributed by atoms with Gasteiger partial charge >= 0.3 is 0 Å². The molecule has 2 aromatic rings. The summed E-state index contributed by atoms with van der Waals surface area (Å²) in [6.07, 6.45) is 1.58. The Bertz CT molecular complexity index is 791. The van der Waals surface area contributed by atoms with Crippen LogP contribution in [-0.2, 0) is 11.4 Å². The van der Waals surface area contributed by atoms with E-state index in [-0.39, 0.29) is 18.3 Å². The minimum absolute atomic E-state index is 0.0645. The SMILES string of the molecule is O=C1CSC(=NN=Cc2ccc(OCc3ccccc3F)cc2)N1. The number of ether oxygens (including phenoxy) is 1. The predicted octanol–water partition coefficient (Wildman–Crippen LogP) is 2.96. The van der Waals surface area contributed by atoms with Crippen LogP contribution >= 0.6 is 11.8 Å². The van der Waals surface area contributed by atoms with Crippen molar-refractivity contribution in [2.75, 3.05) is 5.75 Å². The Morgan fingerprint density at radius 2 is 2.00 bits per heavy atom. The van der Waals surface area contributed by atoms with Gasteiger partial charge in [-0.05, 0) is 35.9 Å². The third kappa shape index (κ3) is 4.42. The lowest BCUT2D eigenvalue weighted by molar-refractivity contribution is -0.116. The van der Waals surface area contributed by atoms with Crippen molar-refractivity contribution in [2.24, 2.45) is 10.2 Å². The fourth-order valence-electron chi connectivity index (χ4n) is 1.95. The van der Waals surface area contributed by atoms with Crippen LogP contribution in [0.15, 0.2) is 58.7 Å². The van der Waals surface area contributed by atoms with Gasteiger partial charge in [-0.25, -0.2) is 4.39 Å². The van der Waals surface area contributed by atoms with E-state index >= 15 is 0 Å². The van der Waals surface area contributed by atoms with Gasteiger partial charge in [0.25, 0.3) is 0 Å². The van der Waals surface area contributed by atoms with Crippen molar-refractivity contribution in [3.8, 4) is 5.75 Å². The van der Waals surface area contributed by atoms with Gasteiger partial charge in [-0.1, -0.05) is 30.0 Å². The van der Waals surface area contributed by atoms with Crippen LogP contribution in [0.1, 0.15) is 11.1 Å². The van der Waals surface area contributed by atoms with Gasteiger partial charge in [0.2, 0.25) is 5.91 Å². The Kier molecular flexibility index (Phi) is 5.22. The van der Waals surface area contributed by atoms with E-state index in [1.807, 2.05) is 12.1 Å². The molecule has 0 aromatic heterocycles. The van der Waals surface area contributed by atoms with E-state index in [0.29, 0.717) is 22.2 Å². The monoisotopic (exact) mass is 343 g/mol. The number of benzene rings is 2. The third-order valence-electron chi connectivity index (χ3n) is 3.17. The van der Waals surface area contributed by atoms with E-state index in [0.717, 1.165) is 5.56 Å². The maximum Gasteiger partial charge on any atom is 0.236 e. The largest absolute Gasteiger partial charge is 0.489 e. The van der Waals surface area contributed by atoms with Crippen LogP contribution < -0.4 is 10.1 Å². The second kappa shape index (κ2) is 7.74. The minimum Gasteiger partial charge on any atom is -0.489 e. The molecule has 7 heteroatoms. The average Bonchev–Trinajstić information content (AvgIpc) is 3.01. The highest BCUT2D eigenvalue weighted by atomic mass is 32.2. The maximum atomic E-state index is 13.5. The van der Waals surface area contributed by atoms with E-state index in [9.17, 15) is 9.18 Å². The number of nitrogens with zero attached hydrogens (tertiary/aromatic N) is 2. The highest BCUT2D eigenvalue weighted by Crippen LogP contribution is 2.15. The average molecular weight is 343 g/mol. The van der Waals surface area contributed by atoms with Crippen molar-refractivity contribution in [1.29, 1.82) is 0 Å². The Hall–Kier alpha value is -2.67. The first-order valence-corrected chi connectivity index (χ1v) is 8.19. The van der Waals surface area contributed by atoms with Gasteiger partial charge in [-0.3, -0.25) is 4.79 Å². The second-order valence-electron chi connectivity index (χ2n) is 4.94. The minimum atomic E-state index is -0.280. The molecule has 0 unspecified atom stereocenters. The van der Waals surface area contributed by atoms with E-state index in [1.54, 1.807) is 36.5 Å². The van der Waals surface area contributed by atoms with E-state index in [2.05, 4.69) is 15.5 Å². The van der Waals surface area contributed by atoms with Crippen LogP contribution in [0, 0.1) is 5.82 Å². The van der Waals surface area contributed by atoms with Crippen molar-refractivity contribution >= 4 is 29.1 Å². The number of rotatable bonds is 5. The van der Waals surface area contributed by atoms with Crippen LogP contribution in [-0.4, -0.2) is 23.0 Å². The standard InChI is InChI=1S/C17H14FN3O2S/c18-15-4-2-1-3-13(15)10-23-14-7-5-12(6-8-14)9-19-21-17-20-16(22)11-24-17/h1-9H,10-11H2,(H,20,21,22). The van der Waals surface area contributed by atoms with E-state index in [1.165, 1.54) is 17.8 Å². The van der Waals surface area contributed by atoms with Crippen molar-refractivity contribution < 1.29 is 13.9 Å². The van der Waals surface area contributed by atoms with Crippen molar-refractivity contribution in [2.45, 2.75) is 6.61 Å². The molecule has 24 heavy (non-hydrogen) atoms. The first-order chi connectivity index (χ1) is 11.7. The number of amidine groups is 1. The van der Waals surface area contributed by atoms with Gasteiger partial charge in [0, 0.05) is 5.56 Å². The van der Waals surface area contributed by atoms with E-state index < -0.39 is 0 Å². The zero-order valence-electron chi connectivity index (χ0n) is 12.6. The summed E-state index contributed by atoms with van der Waals surface area (Å²) in [7, 11) is 0. The van der Waals surface area contributed by atoms with Gasteiger partial charge in [-0.2, -0.15) is 5.10 Å². The lowest BCUT2D eigenvalue weighted by Crippen LogP contribution is -2.19. The summed E-state index contributed by atoms with van der Waals surface area (Å²) >= 11 is 1.32. The smallest absolute Gasteiger partial charge is 0.236 e. The molecule has 0 spiro atoms. The van der Waals surface area contributed by atoms with Crippen molar-refractivity contribution in [3.05, 3.63) is 65.5 Å². The van der Waals surface area contributed by atoms with Crippen LogP contribution in [0.3, 0.4) is 0 Å². The molecule has 0 bridgehead atoms. The molecular weight excluding hydrogens is 329 g/mol. The van der Waals surface area contributed by atoms with Crippen LogP contribution in [0.5, 0.6) is 5.75 Å². The summed E-state index contributed by atoms with van der Waals surface area (Å²) in [6, 6.07) is 13.7. The zero-order chi connectivity index (χ0) is 16.8. The molecule has 1 amide bonds. The van der Waals surface area contributed by atoms with Gasteiger partial charge in [-0.15, -0.1) is 5.10 Å². The van der Waals surface area contributed by atoms with Gasteiger partial charge in [0.05, 0.1) is 12.0 Å². The fourth-order valence-corrected chi connectivity index (χ4v) is 2.58. The fraction of sp³-hybridized carbons (Fsp3) is 0.118. The molecule has 1 aliphatic rings. The Balaban J connectivity index is 1.55. The highest BCUT2D eigenvalue weighted by molar-refractivity contribution is 8.15. The second-order valence-corrected chi connectivity index (χ2v) is 5.90. The first kappa shape index (κ1) is 16.2. The maximum absolute atomic E-state index is 13.5. The molecule has 1 heterocycles. The van der Waals surface area contributed by atoms with Gasteiger partial charge in [0.15, 0.2) is 5.17 Å². The van der Waals surface area contributed by atoms with Crippen LogP contribution in [0.4, 0.5) is 4.39 Å². The predicted molar refractivity (Wildman–Crippen MR) is 92.8 cm³/mol. The number of thioether (sulfide) groups is 1. The van der Waals surface area contributed by atoms with Gasteiger partial charge in [0.1, 0.15) is 18.2 Å². The first-order valence-electron chi connectivity index (χ1n) is 7.21. The third-order valence-corrected chi connectivity index (χ3v) is 4.04. The molecule has 0 atom stereocenters. The molecule has 2 aromatic carbocycles. The number of hydrogen-bond donors (Lipinski definition) is 1. The lowest BCUT2D eigenvalue weighted by atomic mass is 10.2. The summed E-state index contributed by atoms with van der Waals surface area (Å²) < 4.78 is 19.1. The molecule has 1 saturated heterocycles. The summed E-state index contributed by atoms with van der Waals surface area (Å²) in [5.74, 6) is 0.672. The molecule has 3 rings (SSSR count). The summed E-state index contributed by atoms with van der Waals surface area (Å²) in [6.45, 7) is 0.171. The number of carbonyl (C=O) groups is 1. The summed E-state index contributed by atoms with van der Waals surface area (Å²) in [4.78, 5) is 11.0. The summed E-state index contributed by atoms with van der Waals surface area (Å²) in [5, 5.41) is 10.9. The molecule has 1 aliphatic heterocycles. The van der Waals surface area contributed by atoms with Crippen LogP contribution in [0.2, 0.25) is 0 Å². The molecule has 5 nitrogen and oxygen atoms in total. The van der Waals surface area contributed by atoms with Gasteiger partial charge < -0.3 is 10.1 Å². The van der Waals surface area contributed by atoms with E-state index in [4.69, 9.17) is 4.74 Å². The molecule has 0 saturated carbocycles. The lowest BCUT2D eigenvalue weighted by Gasteiger charge is -2.07. The number of halogens is 1. The molecular formula is C17H14FN3O2S. The Labute approximate surface area is 142 Å². The number of amides is 1. The molecule has 1 fully saturated rings.